The van der Waals surface area contributed by atoms with Crippen LogP contribution in [0.25, 0.3) is 10.4 Å². The van der Waals surface area contributed by atoms with Gasteiger partial charge in [-0.25, -0.2) is 9.18 Å². The van der Waals surface area contributed by atoms with E-state index in [2.05, 4.69) is 10.6 Å². The first-order valence-electron chi connectivity index (χ1n) is 8.30. The number of methoxy groups -OCH3 is 1. The number of ether oxygens (including phenoxy) is 2. The van der Waals surface area contributed by atoms with E-state index in [1.165, 1.54) is 17.4 Å². The van der Waals surface area contributed by atoms with E-state index in [-0.39, 0.29) is 12.4 Å². The highest BCUT2D eigenvalue weighted by Gasteiger charge is 2.32. The van der Waals surface area contributed by atoms with Crippen molar-refractivity contribution in [2.75, 3.05) is 20.3 Å². The van der Waals surface area contributed by atoms with Crippen molar-refractivity contribution in [2.24, 2.45) is 0 Å². The summed E-state index contributed by atoms with van der Waals surface area (Å²) in [4.78, 5) is 14.2. The molecule has 8 heteroatoms. The number of allylic oxidation sites excluding steroid dienone is 1. The second kappa shape index (κ2) is 8.60. The molecular weight excluding hydrogens is 387 g/mol. The highest BCUT2D eigenvalue weighted by molar-refractivity contribution is 7.80. The Kier molecular flexibility index (Phi) is 6.20. The van der Waals surface area contributed by atoms with Crippen LogP contribution in [0.3, 0.4) is 0 Å². The molecule has 1 aliphatic rings. The van der Waals surface area contributed by atoms with Crippen molar-refractivity contribution in [1.29, 1.82) is 0 Å². The number of carbonyl (C=O) groups is 1. The minimum atomic E-state index is -0.459. The second-order valence-electron chi connectivity index (χ2n) is 5.88. The van der Waals surface area contributed by atoms with E-state index in [1.54, 1.807) is 32.2 Å². The van der Waals surface area contributed by atoms with Crippen molar-refractivity contribution in [3.05, 3.63) is 58.4 Å². The van der Waals surface area contributed by atoms with E-state index in [1.807, 2.05) is 12.1 Å². The van der Waals surface area contributed by atoms with Crippen LogP contribution in [0.2, 0.25) is 0 Å². The molecule has 0 amide bonds. The van der Waals surface area contributed by atoms with Gasteiger partial charge in [0.25, 0.3) is 0 Å². The molecule has 0 unspecified atom stereocenters. The van der Waals surface area contributed by atoms with Crippen molar-refractivity contribution in [3.8, 4) is 10.4 Å². The van der Waals surface area contributed by atoms with Crippen molar-refractivity contribution in [1.82, 2.24) is 10.6 Å². The fourth-order valence-corrected chi connectivity index (χ4v) is 4.15. The number of carbonyl (C=O) groups excluding carboxylic acids is 1. The highest BCUT2D eigenvalue weighted by Crippen LogP contribution is 2.37. The fourth-order valence-electron chi connectivity index (χ4n) is 2.79. The lowest BCUT2D eigenvalue weighted by Gasteiger charge is -2.28. The molecule has 0 bridgehead atoms. The van der Waals surface area contributed by atoms with Gasteiger partial charge in [0.2, 0.25) is 0 Å². The van der Waals surface area contributed by atoms with E-state index in [0.717, 1.165) is 9.75 Å². The Morgan fingerprint density at radius 1 is 1.26 bits per heavy atom. The lowest BCUT2D eigenvalue weighted by molar-refractivity contribution is -0.140. The third-order valence-electron chi connectivity index (χ3n) is 4.06. The molecule has 0 aliphatic carbocycles. The molecule has 1 aromatic carbocycles. The smallest absolute Gasteiger partial charge is 0.338 e. The van der Waals surface area contributed by atoms with Crippen LogP contribution >= 0.6 is 23.6 Å². The molecule has 1 aromatic heterocycles. The van der Waals surface area contributed by atoms with Gasteiger partial charge < -0.3 is 20.1 Å². The number of benzene rings is 1. The van der Waals surface area contributed by atoms with E-state index in [9.17, 15) is 9.18 Å². The van der Waals surface area contributed by atoms with Gasteiger partial charge in [-0.3, -0.25) is 0 Å². The van der Waals surface area contributed by atoms with Gasteiger partial charge >= 0.3 is 5.97 Å². The zero-order chi connectivity index (χ0) is 19.4. The van der Waals surface area contributed by atoms with Gasteiger partial charge in [0.1, 0.15) is 12.4 Å². The van der Waals surface area contributed by atoms with Crippen LogP contribution in [0.15, 0.2) is 47.7 Å². The predicted molar refractivity (Wildman–Crippen MR) is 107 cm³/mol. The van der Waals surface area contributed by atoms with Crippen LogP contribution in [0.5, 0.6) is 0 Å². The molecule has 2 N–H and O–H groups in total. The molecule has 2 heterocycles. The number of rotatable bonds is 6. The van der Waals surface area contributed by atoms with Gasteiger partial charge in [0.05, 0.1) is 18.2 Å². The summed E-state index contributed by atoms with van der Waals surface area (Å²) in [6.45, 7) is 2.26. The van der Waals surface area contributed by atoms with Crippen LogP contribution in [-0.4, -0.2) is 31.4 Å². The Morgan fingerprint density at radius 2 is 2.04 bits per heavy atom. The number of esters is 1. The number of nitrogens with one attached hydrogen (secondary N) is 2. The van der Waals surface area contributed by atoms with Gasteiger partial charge in [-0.2, -0.15) is 0 Å². The molecular formula is C19H19FN2O3S2. The zero-order valence-electron chi connectivity index (χ0n) is 14.9. The highest BCUT2D eigenvalue weighted by atomic mass is 32.1. The minimum Gasteiger partial charge on any atom is -0.460 e. The molecule has 0 spiro atoms. The summed E-state index contributed by atoms with van der Waals surface area (Å²) in [6.07, 6.45) is 0. The second-order valence-corrected chi connectivity index (χ2v) is 7.40. The number of hydrogen-bond acceptors (Lipinski definition) is 5. The zero-order valence-corrected chi connectivity index (χ0v) is 16.5. The summed E-state index contributed by atoms with van der Waals surface area (Å²) in [6, 6.07) is 9.85. The third-order valence-corrected chi connectivity index (χ3v) is 5.46. The molecule has 0 fully saturated rings. The number of thiocarbonyl (C=S) groups is 1. The first-order chi connectivity index (χ1) is 13.0. The Balaban J connectivity index is 1.91. The summed E-state index contributed by atoms with van der Waals surface area (Å²) in [5.41, 5.74) is 1.60. The molecule has 1 atom stereocenters. The molecule has 0 saturated heterocycles. The first kappa shape index (κ1) is 19.5. The van der Waals surface area contributed by atoms with Crippen molar-refractivity contribution >= 4 is 34.6 Å². The van der Waals surface area contributed by atoms with Gasteiger partial charge in [-0.1, -0.05) is 18.2 Å². The van der Waals surface area contributed by atoms with Crippen molar-refractivity contribution < 1.29 is 18.7 Å². The summed E-state index contributed by atoms with van der Waals surface area (Å²) in [7, 11) is 1.54. The maximum atomic E-state index is 14.1. The van der Waals surface area contributed by atoms with Gasteiger partial charge in [0.15, 0.2) is 5.11 Å². The van der Waals surface area contributed by atoms with E-state index in [4.69, 9.17) is 21.7 Å². The number of hydrogen-bond donors (Lipinski definition) is 2. The lowest BCUT2D eigenvalue weighted by atomic mass is 10.0. The summed E-state index contributed by atoms with van der Waals surface area (Å²) < 4.78 is 24.3. The van der Waals surface area contributed by atoms with E-state index >= 15 is 0 Å². The largest absolute Gasteiger partial charge is 0.460 e. The van der Waals surface area contributed by atoms with Crippen LogP contribution in [-0.2, 0) is 14.3 Å². The van der Waals surface area contributed by atoms with Crippen molar-refractivity contribution in [2.45, 2.75) is 13.0 Å². The maximum absolute atomic E-state index is 14.1. The molecule has 27 heavy (non-hydrogen) atoms. The molecule has 142 valence electrons. The lowest BCUT2D eigenvalue weighted by Crippen LogP contribution is -2.45. The van der Waals surface area contributed by atoms with Crippen molar-refractivity contribution in [3.63, 3.8) is 0 Å². The normalized spacial score (nSPS) is 16.7. The molecule has 3 rings (SSSR count). The molecule has 5 nitrogen and oxygen atoms in total. The molecule has 0 radical (unpaired) electrons. The van der Waals surface area contributed by atoms with Gasteiger partial charge in [-0.15, -0.1) is 11.3 Å². The quantitative estimate of drug-likeness (QED) is 0.435. The number of halogens is 1. The standard InChI is InChI=1S/C19H19FN2O3S2/c1-11-16(18(23)25-10-9-24-2)17(22-19(26)21-11)15-8-7-14(27-15)12-5-3-4-6-13(12)20/h3-8,17H,9-10H2,1-2H3,(H2,21,22,26)/t17-/m0/s1. The number of thiophene rings is 1. The van der Waals surface area contributed by atoms with Crippen LogP contribution in [0, 0.1) is 5.82 Å². The third kappa shape index (κ3) is 4.35. The maximum Gasteiger partial charge on any atom is 0.338 e. The van der Waals surface area contributed by atoms with Gasteiger partial charge in [0, 0.05) is 28.1 Å². The molecule has 1 aliphatic heterocycles. The summed E-state index contributed by atoms with van der Waals surface area (Å²) in [5, 5.41) is 6.49. The predicted octanol–water partition coefficient (Wildman–Crippen LogP) is 3.54. The first-order valence-corrected chi connectivity index (χ1v) is 9.52. The minimum absolute atomic E-state index is 0.161. The Hall–Kier alpha value is -2.29. The van der Waals surface area contributed by atoms with Crippen LogP contribution in [0.4, 0.5) is 4.39 Å². The van der Waals surface area contributed by atoms with E-state index in [0.29, 0.717) is 28.6 Å². The SMILES string of the molecule is COCCOC(=O)C1=C(C)NC(=S)N[C@H]1c1ccc(-c2ccccc2F)s1. The molecule has 2 aromatic rings. The van der Waals surface area contributed by atoms with Gasteiger partial charge in [-0.05, 0) is 37.3 Å². The Bertz CT molecular complexity index is 895. The average molecular weight is 407 g/mol. The monoisotopic (exact) mass is 406 g/mol. The Morgan fingerprint density at radius 3 is 2.78 bits per heavy atom. The summed E-state index contributed by atoms with van der Waals surface area (Å²) >= 11 is 6.65. The van der Waals surface area contributed by atoms with Crippen LogP contribution in [0.1, 0.15) is 17.8 Å². The molecule has 0 saturated carbocycles. The average Bonchev–Trinajstić information content (AvgIpc) is 3.11. The van der Waals surface area contributed by atoms with Crippen LogP contribution < -0.4 is 10.6 Å². The fraction of sp³-hybridized carbons (Fsp3) is 0.263. The topological polar surface area (TPSA) is 59.6 Å². The van der Waals surface area contributed by atoms with E-state index < -0.39 is 12.0 Å². The Labute approximate surface area is 166 Å². The summed E-state index contributed by atoms with van der Waals surface area (Å²) in [5.74, 6) is -0.733.